The molecule has 1 aliphatic rings. The largest absolute Gasteiger partial charge is 0.514 e. The van der Waals surface area contributed by atoms with Crippen LogP contribution in [0.3, 0.4) is 0 Å². The number of rotatable bonds is 10. The Morgan fingerprint density at radius 1 is 0.767 bits per heavy atom. The van der Waals surface area contributed by atoms with E-state index in [1.54, 1.807) is 0 Å². The summed E-state index contributed by atoms with van der Waals surface area (Å²) in [7, 11) is 1.20. The fourth-order valence-corrected chi connectivity index (χ4v) is 3.89. The Morgan fingerprint density at radius 3 is 1.81 bits per heavy atom. The molecular weight excluding hydrogens is 578 g/mol. The molecule has 0 amide bonds. The van der Waals surface area contributed by atoms with Crippen LogP contribution in [-0.2, 0) is 54.2 Å². The molecule has 1 heterocycles. The minimum absolute atomic E-state index is 0.0208. The second kappa shape index (κ2) is 14.7. The Hall–Kier alpha value is -5.09. The van der Waals surface area contributed by atoms with Gasteiger partial charge in [0.05, 0.1) is 4.92 Å². The first-order valence-electron chi connectivity index (χ1n) is 12.5. The van der Waals surface area contributed by atoms with E-state index < -0.39 is 65.7 Å². The van der Waals surface area contributed by atoms with E-state index in [0.717, 1.165) is 20.8 Å². The van der Waals surface area contributed by atoms with Crippen molar-refractivity contribution in [2.24, 2.45) is 0 Å². The van der Waals surface area contributed by atoms with Gasteiger partial charge in [0.25, 0.3) is 5.69 Å². The van der Waals surface area contributed by atoms with Crippen LogP contribution in [0.4, 0.5) is 10.5 Å². The monoisotopic (exact) mass is 605 g/mol. The molecule has 0 radical (unpaired) electrons. The van der Waals surface area contributed by atoms with Gasteiger partial charge in [0.2, 0.25) is 0 Å². The summed E-state index contributed by atoms with van der Waals surface area (Å²) in [6.07, 6.45) is -8.56. The number of methoxy groups -OCH3 is 1. The summed E-state index contributed by atoms with van der Waals surface area (Å²) in [5, 5.41) is 10.7. The molecule has 0 bridgehead atoms. The first kappa shape index (κ1) is 32.4. The Morgan fingerprint density at radius 2 is 1.28 bits per heavy atom. The van der Waals surface area contributed by atoms with Crippen molar-refractivity contribution in [1.82, 2.24) is 0 Å². The Bertz CT molecular complexity index is 1340. The maximum Gasteiger partial charge on any atom is 0.514 e. The molecule has 0 N–H and O–H groups in total. The molecule has 1 unspecified atom stereocenters. The van der Waals surface area contributed by atoms with E-state index in [2.05, 4.69) is 0 Å². The number of nitro groups is 1. The number of non-ortho nitro benzene ring substituents is 1. The van der Waals surface area contributed by atoms with E-state index in [0.29, 0.717) is 5.56 Å². The number of carbonyl (C=O) groups excluding carboxylic acids is 5. The molecule has 3 rings (SSSR count). The minimum atomic E-state index is -1.66. The van der Waals surface area contributed by atoms with Gasteiger partial charge in [-0.15, -0.1) is 0 Å². The maximum absolute atomic E-state index is 13.1. The third-order valence-corrected chi connectivity index (χ3v) is 5.61. The number of ether oxygens (including phenoxy) is 8. The van der Waals surface area contributed by atoms with Gasteiger partial charge < -0.3 is 37.9 Å². The molecule has 1 fully saturated rings. The van der Waals surface area contributed by atoms with Crippen LogP contribution >= 0.6 is 0 Å². The van der Waals surface area contributed by atoms with Crippen molar-refractivity contribution in [1.29, 1.82) is 0 Å². The first-order valence-corrected chi connectivity index (χ1v) is 12.5. The van der Waals surface area contributed by atoms with E-state index in [1.807, 2.05) is 0 Å². The van der Waals surface area contributed by atoms with Gasteiger partial charge in [-0.2, -0.15) is 0 Å². The molecule has 0 aromatic heterocycles. The van der Waals surface area contributed by atoms with Crippen LogP contribution in [0.25, 0.3) is 0 Å². The lowest BCUT2D eigenvalue weighted by atomic mass is 9.97. The fourth-order valence-electron chi connectivity index (χ4n) is 3.89. The lowest BCUT2D eigenvalue weighted by molar-refractivity contribution is -0.384. The summed E-state index contributed by atoms with van der Waals surface area (Å²) in [6.45, 7) is 2.99. The molecule has 0 aliphatic carbocycles. The summed E-state index contributed by atoms with van der Waals surface area (Å²) in [6, 6.07) is 10.5. The SMILES string of the molecule is COC1O[C@H](C(=O)Oc2ccc(COC(=O)Oc3ccc([N+](=O)[O-])cc3)cc2)[C@@H](OC(C)=O)[C@H](OC(C)=O)[C@H]1OC(C)=O. The normalized spacial score (nSPS) is 21.1. The van der Waals surface area contributed by atoms with Gasteiger partial charge in [0.15, 0.2) is 30.7 Å². The number of hydrogen-bond acceptors (Lipinski definition) is 15. The molecule has 16 heteroatoms. The van der Waals surface area contributed by atoms with Gasteiger partial charge in [0, 0.05) is 40.0 Å². The molecular formula is C27H27NO15. The molecule has 1 aliphatic heterocycles. The van der Waals surface area contributed by atoms with E-state index in [-0.39, 0.29) is 23.8 Å². The number of esters is 4. The van der Waals surface area contributed by atoms with Crippen molar-refractivity contribution in [3.63, 3.8) is 0 Å². The van der Waals surface area contributed by atoms with Crippen LogP contribution in [0.1, 0.15) is 26.3 Å². The zero-order chi connectivity index (χ0) is 31.7. The molecule has 43 heavy (non-hydrogen) atoms. The van der Waals surface area contributed by atoms with Gasteiger partial charge in [-0.25, -0.2) is 9.59 Å². The molecule has 5 atom stereocenters. The quantitative estimate of drug-likeness (QED) is 0.0953. The smallest absolute Gasteiger partial charge is 0.455 e. The Kier molecular flexibility index (Phi) is 11.1. The predicted octanol–water partition coefficient (Wildman–Crippen LogP) is 2.38. The Balaban J connectivity index is 1.67. The van der Waals surface area contributed by atoms with Gasteiger partial charge in [-0.3, -0.25) is 24.5 Å². The van der Waals surface area contributed by atoms with E-state index in [4.69, 9.17) is 37.9 Å². The predicted molar refractivity (Wildman–Crippen MR) is 138 cm³/mol. The van der Waals surface area contributed by atoms with Gasteiger partial charge in [-0.1, -0.05) is 12.1 Å². The molecule has 0 saturated carbocycles. The standard InChI is InChI=1S/C27H27NO15/c1-14(29)38-21-22(39-15(2)30)24(40-16(3)31)26(36-4)43-23(21)25(32)41-19-9-5-17(6-10-19)13-37-27(33)42-20-11-7-18(8-12-20)28(34)35/h5-12,21-24,26H,13H2,1-4H3/t21-,22-,23-,24+,26?/m0/s1. The highest BCUT2D eigenvalue weighted by molar-refractivity contribution is 5.79. The van der Waals surface area contributed by atoms with Gasteiger partial charge in [0.1, 0.15) is 18.1 Å². The zero-order valence-corrected chi connectivity index (χ0v) is 23.3. The molecule has 0 spiro atoms. The van der Waals surface area contributed by atoms with E-state index in [9.17, 15) is 34.1 Å². The molecule has 230 valence electrons. The van der Waals surface area contributed by atoms with Crippen LogP contribution in [-0.4, -0.2) is 72.8 Å². The fraction of sp³-hybridized carbons (Fsp3) is 0.370. The topological polar surface area (TPSA) is 202 Å². The second-order valence-electron chi connectivity index (χ2n) is 8.84. The lowest BCUT2D eigenvalue weighted by Crippen LogP contribution is -2.64. The van der Waals surface area contributed by atoms with Crippen LogP contribution in [0.15, 0.2) is 48.5 Å². The number of hydrogen-bond donors (Lipinski definition) is 0. The number of carbonyl (C=O) groups is 5. The van der Waals surface area contributed by atoms with Crippen molar-refractivity contribution in [3.8, 4) is 11.5 Å². The summed E-state index contributed by atoms with van der Waals surface area (Å²) >= 11 is 0. The average Bonchev–Trinajstić information content (AvgIpc) is 2.94. The third-order valence-electron chi connectivity index (χ3n) is 5.61. The summed E-state index contributed by atoms with van der Waals surface area (Å²) < 4.78 is 41.8. The maximum atomic E-state index is 13.1. The summed E-state index contributed by atoms with van der Waals surface area (Å²) in [4.78, 5) is 70.6. The van der Waals surface area contributed by atoms with Gasteiger partial charge >= 0.3 is 30.0 Å². The third kappa shape index (κ3) is 9.20. The van der Waals surface area contributed by atoms with Crippen molar-refractivity contribution in [2.75, 3.05) is 7.11 Å². The van der Waals surface area contributed by atoms with E-state index >= 15 is 0 Å². The highest BCUT2D eigenvalue weighted by Crippen LogP contribution is 2.30. The van der Waals surface area contributed by atoms with Crippen molar-refractivity contribution < 1.29 is 66.8 Å². The van der Waals surface area contributed by atoms with Crippen LogP contribution in [0.5, 0.6) is 11.5 Å². The number of nitro benzene ring substituents is 1. The lowest BCUT2D eigenvalue weighted by Gasteiger charge is -2.42. The highest BCUT2D eigenvalue weighted by Gasteiger charge is 2.55. The Labute approximate surface area is 243 Å². The van der Waals surface area contributed by atoms with Crippen molar-refractivity contribution >= 4 is 35.7 Å². The zero-order valence-electron chi connectivity index (χ0n) is 23.3. The second-order valence-corrected chi connectivity index (χ2v) is 8.84. The van der Waals surface area contributed by atoms with Crippen molar-refractivity contribution in [2.45, 2.75) is 58.1 Å². The van der Waals surface area contributed by atoms with Crippen LogP contribution in [0.2, 0.25) is 0 Å². The summed E-state index contributed by atoms with van der Waals surface area (Å²) in [5.74, 6) is -3.44. The van der Waals surface area contributed by atoms with Crippen LogP contribution in [0, 0.1) is 10.1 Å². The first-order chi connectivity index (χ1) is 20.4. The molecule has 2 aromatic rings. The molecule has 1 saturated heterocycles. The van der Waals surface area contributed by atoms with Crippen LogP contribution < -0.4 is 9.47 Å². The molecule has 2 aromatic carbocycles. The van der Waals surface area contributed by atoms with E-state index in [1.165, 1.54) is 55.6 Å². The minimum Gasteiger partial charge on any atom is -0.455 e. The highest BCUT2D eigenvalue weighted by atomic mass is 16.7. The summed E-state index contributed by atoms with van der Waals surface area (Å²) in [5.41, 5.74) is 0.304. The number of benzene rings is 2. The molecule has 16 nitrogen and oxygen atoms in total. The van der Waals surface area contributed by atoms with Gasteiger partial charge in [-0.05, 0) is 29.8 Å². The number of nitrogens with zero attached hydrogens (tertiary/aromatic N) is 1. The average molecular weight is 606 g/mol. The van der Waals surface area contributed by atoms with Crippen molar-refractivity contribution in [3.05, 3.63) is 64.2 Å².